The van der Waals surface area contributed by atoms with E-state index in [0.29, 0.717) is 18.3 Å². The number of benzene rings is 1. The Morgan fingerprint density at radius 1 is 0.947 bits per heavy atom. The van der Waals surface area contributed by atoms with Crippen molar-refractivity contribution in [3.63, 3.8) is 0 Å². The summed E-state index contributed by atoms with van der Waals surface area (Å²) in [5, 5.41) is 18.3. The van der Waals surface area contributed by atoms with E-state index in [9.17, 15) is 5.26 Å². The second kappa shape index (κ2) is 6.95. The molecule has 0 N–H and O–H groups in total. The fourth-order valence-corrected chi connectivity index (χ4v) is 2.38. The molecule has 1 rings (SSSR count). The summed E-state index contributed by atoms with van der Waals surface area (Å²) in [7, 11) is 0. The van der Waals surface area contributed by atoms with Crippen LogP contribution in [0.2, 0.25) is 0 Å². The molecule has 0 radical (unpaired) electrons. The first-order chi connectivity index (χ1) is 8.97. The fourth-order valence-electron chi connectivity index (χ4n) is 2.38. The zero-order valence-electron chi connectivity index (χ0n) is 12.3. The molecule has 2 nitrogen and oxygen atoms in total. The van der Waals surface area contributed by atoms with Crippen LogP contribution in [0.3, 0.4) is 0 Å². The lowest BCUT2D eigenvalue weighted by Gasteiger charge is -2.15. The molecule has 0 amide bonds. The van der Waals surface area contributed by atoms with Gasteiger partial charge in [0.05, 0.1) is 24.1 Å². The van der Waals surface area contributed by atoms with Crippen molar-refractivity contribution >= 4 is 0 Å². The molecular formula is C17H22N2. The molecule has 0 unspecified atom stereocenters. The minimum atomic E-state index is 0.419. The number of nitrogens with zero attached hydrogens (tertiary/aromatic N) is 2. The Kier molecular flexibility index (Phi) is 5.58. The average molecular weight is 254 g/mol. The minimum Gasteiger partial charge on any atom is -0.198 e. The van der Waals surface area contributed by atoms with Crippen molar-refractivity contribution in [2.75, 3.05) is 0 Å². The number of hydrogen-bond donors (Lipinski definition) is 0. The molecule has 0 saturated heterocycles. The van der Waals surface area contributed by atoms with Crippen molar-refractivity contribution in [3.05, 3.63) is 34.4 Å². The van der Waals surface area contributed by atoms with Crippen LogP contribution in [0.5, 0.6) is 0 Å². The van der Waals surface area contributed by atoms with Gasteiger partial charge in [-0.1, -0.05) is 39.8 Å². The van der Waals surface area contributed by atoms with Crippen molar-refractivity contribution in [3.8, 4) is 12.1 Å². The first-order valence-corrected chi connectivity index (χ1v) is 6.89. The fraction of sp³-hybridized carbons (Fsp3) is 0.529. The summed E-state index contributed by atoms with van der Waals surface area (Å²) in [5.74, 6) is 1.02. The van der Waals surface area contributed by atoms with Gasteiger partial charge in [0.25, 0.3) is 0 Å². The number of rotatable bonds is 5. The highest BCUT2D eigenvalue weighted by molar-refractivity contribution is 5.48. The predicted molar refractivity (Wildman–Crippen MR) is 77.6 cm³/mol. The summed E-state index contributed by atoms with van der Waals surface area (Å²) in [6.45, 7) is 8.61. The zero-order valence-corrected chi connectivity index (χ0v) is 12.3. The monoisotopic (exact) mass is 254 g/mol. The molecule has 0 saturated carbocycles. The van der Waals surface area contributed by atoms with Gasteiger partial charge < -0.3 is 0 Å². The lowest BCUT2D eigenvalue weighted by molar-refractivity contribution is 0.633. The molecule has 19 heavy (non-hydrogen) atoms. The topological polar surface area (TPSA) is 47.6 Å². The minimum absolute atomic E-state index is 0.419. The van der Waals surface area contributed by atoms with Crippen LogP contribution in [-0.4, -0.2) is 0 Å². The lowest BCUT2D eigenvalue weighted by Crippen LogP contribution is -2.05. The molecule has 0 heterocycles. The van der Waals surface area contributed by atoms with E-state index < -0.39 is 0 Å². The number of nitriles is 2. The summed E-state index contributed by atoms with van der Waals surface area (Å²) in [6, 6.07) is 8.63. The summed E-state index contributed by atoms with van der Waals surface area (Å²) < 4.78 is 0. The van der Waals surface area contributed by atoms with Crippen LogP contribution < -0.4 is 0 Å². The normalized spacial score (nSPS) is 10.5. The van der Waals surface area contributed by atoms with Crippen LogP contribution in [0.4, 0.5) is 0 Å². The van der Waals surface area contributed by atoms with Gasteiger partial charge in [0.15, 0.2) is 0 Å². The summed E-state index contributed by atoms with van der Waals surface area (Å²) in [5.41, 5.74) is 4.05. The Labute approximate surface area is 116 Å². The number of hydrogen-bond acceptors (Lipinski definition) is 2. The standard InChI is InChI=1S/C17H22N2/c1-12(2)7-15-9-14(5-6-18)10-16(8-13(3)4)17(15)11-19/h9-10,12-13H,5,7-8H2,1-4H3. The van der Waals surface area contributed by atoms with Gasteiger partial charge in [0.2, 0.25) is 0 Å². The van der Waals surface area contributed by atoms with Gasteiger partial charge in [0.1, 0.15) is 0 Å². The molecule has 0 fully saturated rings. The predicted octanol–water partition coefficient (Wildman–Crippen LogP) is 4.02. The van der Waals surface area contributed by atoms with Gasteiger partial charge in [-0.05, 0) is 41.4 Å². The van der Waals surface area contributed by atoms with Crippen molar-refractivity contribution in [2.45, 2.75) is 47.0 Å². The Bertz CT molecular complexity index is 482. The molecular weight excluding hydrogens is 232 g/mol. The lowest BCUT2D eigenvalue weighted by atomic mass is 9.89. The average Bonchev–Trinajstić information content (AvgIpc) is 2.27. The van der Waals surface area contributed by atoms with E-state index in [-0.39, 0.29) is 0 Å². The van der Waals surface area contributed by atoms with E-state index in [4.69, 9.17) is 5.26 Å². The van der Waals surface area contributed by atoms with E-state index in [2.05, 4.69) is 39.8 Å². The molecule has 0 aliphatic rings. The van der Waals surface area contributed by atoms with E-state index >= 15 is 0 Å². The van der Waals surface area contributed by atoms with E-state index in [1.165, 1.54) is 0 Å². The zero-order chi connectivity index (χ0) is 14.4. The summed E-state index contributed by atoms with van der Waals surface area (Å²) in [6.07, 6.45) is 2.21. The van der Waals surface area contributed by atoms with Gasteiger partial charge in [-0.15, -0.1) is 0 Å². The largest absolute Gasteiger partial charge is 0.198 e. The molecule has 2 heteroatoms. The van der Waals surface area contributed by atoms with Crippen molar-refractivity contribution < 1.29 is 0 Å². The molecule has 0 aliphatic carbocycles. The smallest absolute Gasteiger partial charge is 0.0997 e. The maximum Gasteiger partial charge on any atom is 0.0997 e. The Morgan fingerprint density at radius 2 is 1.42 bits per heavy atom. The van der Waals surface area contributed by atoms with Crippen molar-refractivity contribution in [1.82, 2.24) is 0 Å². The van der Waals surface area contributed by atoms with Crippen LogP contribution in [0.1, 0.15) is 49.9 Å². The highest BCUT2D eigenvalue weighted by Gasteiger charge is 2.13. The van der Waals surface area contributed by atoms with E-state index in [0.717, 1.165) is 35.1 Å². The summed E-state index contributed by atoms with van der Waals surface area (Å²) >= 11 is 0. The Balaban J connectivity index is 3.30. The van der Waals surface area contributed by atoms with E-state index in [1.54, 1.807) is 0 Å². The third-order valence-corrected chi connectivity index (χ3v) is 3.01. The molecule has 1 aromatic rings. The van der Waals surface area contributed by atoms with Crippen LogP contribution in [0.15, 0.2) is 12.1 Å². The quantitative estimate of drug-likeness (QED) is 0.796. The Hall–Kier alpha value is -1.80. The van der Waals surface area contributed by atoms with Crippen molar-refractivity contribution in [1.29, 1.82) is 10.5 Å². The van der Waals surface area contributed by atoms with Crippen LogP contribution in [-0.2, 0) is 19.3 Å². The first kappa shape index (κ1) is 15.3. The first-order valence-electron chi connectivity index (χ1n) is 6.89. The van der Waals surface area contributed by atoms with Gasteiger partial charge >= 0.3 is 0 Å². The molecule has 0 aromatic heterocycles. The van der Waals surface area contributed by atoms with Gasteiger partial charge in [-0.25, -0.2) is 0 Å². The maximum atomic E-state index is 9.43. The molecule has 0 bridgehead atoms. The maximum absolute atomic E-state index is 9.43. The second-order valence-corrected chi connectivity index (χ2v) is 5.93. The highest BCUT2D eigenvalue weighted by Crippen LogP contribution is 2.23. The van der Waals surface area contributed by atoms with Gasteiger partial charge in [0, 0.05) is 0 Å². The molecule has 100 valence electrons. The third kappa shape index (κ3) is 4.42. The van der Waals surface area contributed by atoms with Gasteiger partial charge in [-0.3, -0.25) is 0 Å². The second-order valence-electron chi connectivity index (χ2n) is 5.93. The van der Waals surface area contributed by atoms with Crippen LogP contribution >= 0.6 is 0 Å². The third-order valence-electron chi connectivity index (χ3n) is 3.01. The molecule has 0 aliphatic heterocycles. The Morgan fingerprint density at radius 3 is 1.74 bits per heavy atom. The van der Waals surface area contributed by atoms with Crippen LogP contribution in [0.25, 0.3) is 0 Å². The highest BCUT2D eigenvalue weighted by atomic mass is 14.3. The molecule has 0 spiro atoms. The molecule has 0 atom stereocenters. The van der Waals surface area contributed by atoms with Gasteiger partial charge in [-0.2, -0.15) is 10.5 Å². The SMILES string of the molecule is CC(C)Cc1cc(CC#N)cc(CC(C)C)c1C#N. The summed E-state index contributed by atoms with van der Waals surface area (Å²) in [4.78, 5) is 0. The van der Waals surface area contributed by atoms with Crippen molar-refractivity contribution in [2.24, 2.45) is 11.8 Å². The molecule has 1 aromatic carbocycles. The van der Waals surface area contributed by atoms with E-state index in [1.807, 2.05) is 12.1 Å². The van der Waals surface area contributed by atoms with Crippen LogP contribution in [0, 0.1) is 34.5 Å².